The highest BCUT2D eigenvalue weighted by molar-refractivity contribution is 7.92. The van der Waals surface area contributed by atoms with E-state index in [2.05, 4.69) is 4.72 Å². The summed E-state index contributed by atoms with van der Waals surface area (Å²) in [5.74, 6) is 0.428. The van der Waals surface area contributed by atoms with E-state index in [0.717, 1.165) is 12.8 Å². The van der Waals surface area contributed by atoms with E-state index in [1.54, 1.807) is 41.3 Å². The summed E-state index contributed by atoms with van der Waals surface area (Å²) >= 11 is 0. The molecule has 2 aromatic rings. The van der Waals surface area contributed by atoms with Gasteiger partial charge in [0.25, 0.3) is 15.9 Å². The summed E-state index contributed by atoms with van der Waals surface area (Å²) in [5, 5.41) is 0. The van der Waals surface area contributed by atoms with E-state index in [9.17, 15) is 13.2 Å². The third-order valence-electron chi connectivity index (χ3n) is 4.48. The average Bonchev–Trinajstić information content (AvgIpc) is 2.68. The van der Waals surface area contributed by atoms with Crippen molar-refractivity contribution in [2.75, 3.05) is 24.9 Å². The van der Waals surface area contributed by atoms with Gasteiger partial charge in [0.15, 0.2) is 0 Å². The Balaban J connectivity index is 0.00000280. The Kier molecular flexibility index (Phi) is 7.29. The number of piperidine rings is 1. The molecule has 7 nitrogen and oxygen atoms in total. The van der Waals surface area contributed by atoms with Gasteiger partial charge in [0.05, 0.1) is 12.0 Å². The van der Waals surface area contributed by atoms with Crippen molar-refractivity contribution in [2.45, 2.75) is 23.8 Å². The molecule has 152 valence electrons. The number of carbonyl (C=O) groups excluding carboxylic acids is 1. The zero-order valence-electron chi connectivity index (χ0n) is 15.5. The number of nitrogens with two attached hydrogens (primary N) is 1. The molecule has 0 radical (unpaired) electrons. The zero-order valence-corrected chi connectivity index (χ0v) is 17.1. The first-order valence-electron chi connectivity index (χ1n) is 8.71. The first-order chi connectivity index (χ1) is 12.9. The smallest absolute Gasteiger partial charge is 0.261 e. The summed E-state index contributed by atoms with van der Waals surface area (Å²) in [4.78, 5) is 14.4. The van der Waals surface area contributed by atoms with Crippen molar-refractivity contribution in [3.63, 3.8) is 0 Å². The normalized spacial score (nSPS) is 16.8. The van der Waals surface area contributed by atoms with Gasteiger partial charge in [-0.25, -0.2) is 8.42 Å². The molecule has 3 N–H and O–H groups in total. The van der Waals surface area contributed by atoms with Crippen LogP contribution in [0.3, 0.4) is 0 Å². The SMILES string of the molecule is COc1ccc(NS(=O)(=O)c2cccc(C(=O)N3CCCC(N)C3)c2)cc1.Cl. The van der Waals surface area contributed by atoms with Crippen molar-refractivity contribution in [1.82, 2.24) is 4.90 Å². The van der Waals surface area contributed by atoms with Gasteiger partial charge in [-0.15, -0.1) is 12.4 Å². The molecular weight excluding hydrogens is 402 g/mol. The highest BCUT2D eigenvalue weighted by atomic mass is 35.5. The fourth-order valence-electron chi connectivity index (χ4n) is 3.05. The number of benzene rings is 2. The van der Waals surface area contributed by atoms with Crippen molar-refractivity contribution in [2.24, 2.45) is 5.73 Å². The monoisotopic (exact) mass is 425 g/mol. The number of sulfonamides is 1. The summed E-state index contributed by atoms with van der Waals surface area (Å²) < 4.78 is 32.9. The molecule has 1 unspecified atom stereocenters. The Morgan fingerprint density at radius 2 is 1.93 bits per heavy atom. The number of nitrogens with one attached hydrogen (secondary N) is 1. The van der Waals surface area contributed by atoms with Crippen LogP contribution in [-0.2, 0) is 10.0 Å². The van der Waals surface area contributed by atoms with Crippen LogP contribution in [-0.4, -0.2) is 45.5 Å². The number of methoxy groups -OCH3 is 1. The van der Waals surface area contributed by atoms with Gasteiger partial charge in [-0.3, -0.25) is 9.52 Å². The van der Waals surface area contributed by atoms with Crippen LogP contribution in [0.1, 0.15) is 23.2 Å². The second-order valence-corrected chi connectivity index (χ2v) is 8.20. The lowest BCUT2D eigenvalue weighted by Crippen LogP contribution is -2.45. The Labute approximate surface area is 171 Å². The fourth-order valence-corrected chi connectivity index (χ4v) is 4.15. The second-order valence-electron chi connectivity index (χ2n) is 6.52. The third-order valence-corrected chi connectivity index (χ3v) is 5.86. The van der Waals surface area contributed by atoms with Crippen molar-refractivity contribution < 1.29 is 17.9 Å². The molecule has 0 bridgehead atoms. The van der Waals surface area contributed by atoms with E-state index in [1.807, 2.05) is 0 Å². The van der Waals surface area contributed by atoms with E-state index < -0.39 is 10.0 Å². The summed E-state index contributed by atoms with van der Waals surface area (Å²) in [6.45, 7) is 1.12. The number of hydrogen-bond acceptors (Lipinski definition) is 5. The van der Waals surface area contributed by atoms with Crippen LogP contribution >= 0.6 is 12.4 Å². The molecule has 0 aliphatic carbocycles. The van der Waals surface area contributed by atoms with E-state index in [1.165, 1.54) is 19.2 Å². The van der Waals surface area contributed by atoms with Gasteiger partial charge in [-0.2, -0.15) is 0 Å². The standard InChI is InChI=1S/C19H23N3O4S.ClH/c1-26-17-9-7-16(8-10-17)21-27(24,25)18-6-2-4-14(12-18)19(23)22-11-3-5-15(20)13-22;/h2,4,6-10,12,15,21H,3,5,11,13,20H2,1H3;1H. The molecule has 9 heteroatoms. The minimum Gasteiger partial charge on any atom is -0.497 e. The van der Waals surface area contributed by atoms with E-state index in [0.29, 0.717) is 30.1 Å². The molecule has 1 heterocycles. The predicted octanol–water partition coefficient (Wildman–Crippen LogP) is 2.48. The van der Waals surface area contributed by atoms with Gasteiger partial charge in [0, 0.05) is 30.4 Å². The maximum absolute atomic E-state index is 12.7. The Hall–Kier alpha value is -2.29. The summed E-state index contributed by atoms with van der Waals surface area (Å²) in [5.41, 5.74) is 6.68. The summed E-state index contributed by atoms with van der Waals surface area (Å²) in [6.07, 6.45) is 1.74. The molecule has 0 aromatic heterocycles. The highest BCUT2D eigenvalue weighted by Gasteiger charge is 2.24. The van der Waals surface area contributed by atoms with Gasteiger partial charge in [0.1, 0.15) is 5.75 Å². The minimum atomic E-state index is -3.82. The Bertz CT molecular complexity index is 919. The van der Waals surface area contributed by atoms with Crippen LogP contribution < -0.4 is 15.2 Å². The second kappa shape index (κ2) is 9.27. The lowest BCUT2D eigenvalue weighted by molar-refractivity contribution is 0.0708. The van der Waals surface area contributed by atoms with Gasteiger partial charge in [-0.1, -0.05) is 6.07 Å². The first kappa shape index (κ1) is 22.0. The van der Waals surface area contributed by atoms with Crippen LogP contribution in [0.4, 0.5) is 5.69 Å². The Morgan fingerprint density at radius 3 is 2.57 bits per heavy atom. The molecule has 28 heavy (non-hydrogen) atoms. The van der Waals surface area contributed by atoms with Crippen LogP contribution in [0.15, 0.2) is 53.4 Å². The third kappa shape index (κ3) is 5.15. The summed E-state index contributed by atoms with van der Waals surface area (Å²) in [7, 11) is -2.28. The van der Waals surface area contributed by atoms with E-state index in [-0.39, 0.29) is 29.3 Å². The zero-order chi connectivity index (χ0) is 19.4. The number of halogens is 1. The van der Waals surface area contributed by atoms with Crippen LogP contribution in [0, 0.1) is 0 Å². The topological polar surface area (TPSA) is 102 Å². The molecule has 0 saturated carbocycles. The van der Waals surface area contributed by atoms with Gasteiger partial charge in [-0.05, 0) is 55.3 Å². The number of carbonyl (C=O) groups is 1. The number of anilines is 1. The van der Waals surface area contributed by atoms with Crippen molar-refractivity contribution in [3.05, 3.63) is 54.1 Å². The van der Waals surface area contributed by atoms with Gasteiger partial charge in [0.2, 0.25) is 0 Å². The molecule has 1 aliphatic rings. The fraction of sp³-hybridized carbons (Fsp3) is 0.316. The van der Waals surface area contributed by atoms with Crippen LogP contribution in [0.2, 0.25) is 0 Å². The van der Waals surface area contributed by atoms with Gasteiger partial charge < -0.3 is 15.4 Å². The minimum absolute atomic E-state index is 0. The number of amides is 1. The van der Waals surface area contributed by atoms with Crippen LogP contribution in [0.5, 0.6) is 5.75 Å². The number of rotatable bonds is 5. The quantitative estimate of drug-likeness (QED) is 0.766. The summed E-state index contributed by atoms with van der Waals surface area (Å²) in [6, 6.07) is 12.6. The average molecular weight is 426 g/mol. The highest BCUT2D eigenvalue weighted by Crippen LogP contribution is 2.21. The van der Waals surface area contributed by atoms with E-state index >= 15 is 0 Å². The molecular formula is C19H24ClN3O4S. The molecule has 1 aliphatic heterocycles. The molecule has 1 atom stereocenters. The molecule has 1 fully saturated rings. The lowest BCUT2D eigenvalue weighted by atomic mass is 10.1. The van der Waals surface area contributed by atoms with Crippen molar-refractivity contribution >= 4 is 34.0 Å². The molecule has 2 aromatic carbocycles. The number of nitrogens with zero attached hydrogens (tertiary/aromatic N) is 1. The maximum atomic E-state index is 12.7. The van der Waals surface area contributed by atoms with Crippen LogP contribution in [0.25, 0.3) is 0 Å². The number of likely N-dealkylation sites (tertiary alicyclic amines) is 1. The van der Waals surface area contributed by atoms with E-state index in [4.69, 9.17) is 10.5 Å². The van der Waals surface area contributed by atoms with Gasteiger partial charge >= 0.3 is 0 Å². The Morgan fingerprint density at radius 1 is 1.21 bits per heavy atom. The largest absolute Gasteiger partial charge is 0.497 e. The van der Waals surface area contributed by atoms with Crippen molar-refractivity contribution in [1.29, 1.82) is 0 Å². The molecule has 1 saturated heterocycles. The number of ether oxygens (including phenoxy) is 1. The molecule has 3 rings (SSSR count). The maximum Gasteiger partial charge on any atom is 0.261 e. The molecule has 0 spiro atoms. The number of hydrogen-bond donors (Lipinski definition) is 2. The lowest BCUT2D eigenvalue weighted by Gasteiger charge is -2.30. The first-order valence-corrected chi connectivity index (χ1v) is 10.2. The van der Waals surface area contributed by atoms with Crippen molar-refractivity contribution in [3.8, 4) is 5.75 Å². The molecule has 1 amide bonds. The predicted molar refractivity (Wildman–Crippen MR) is 111 cm³/mol.